The van der Waals surface area contributed by atoms with Crippen molar-refractivity contribution in [1.82, 2.24) is 20.4 Å². The second-order valence-corrected chi connectivity index (χ2v) is 6.54. The van der Waals surface area contributed by atoms with E-state index >= 15 is 0 Å². The molecule has 5 nitrogen and oxygen atoms in total. The number of thiophene rings is 1. The monoisotopic (exact) mass is 310 g/mol. The fourth-order valence-corrected chi connectivity index (χ4v) is 3.12. The molecule has 2 heterocycles. The first-order valence-corrected chi connectivity index (χ1v) is 8.53. The summed E-state index contributed by atoms with van der Waals surface area (Å²) in [5, 5.41) is 8.41. The van der Waals surface area contributed by atoms with E-state index in [2.05, 4.69) is 31.9 Å². The van der Waals surface area contributed by atoms with E-state index in [4.69, 9.17) is 0 Å². The normalized spacial score (nSPS) is 16.3. The summed E-state index contributed by atoms with van der Waals surface area (Å²) in [6.45, 7) is 7.57. The number of rotatable bonds is 8. The van der Waals surface area contributed by atoms with Gasteiger partial charge in [-0.2, -0.15) is 0 Å². The van der Waals surface area contributed by atoms with Gasteiger partial charge in [0.05, 0.1) is 6.54 Å². The molecule has 0 radical (unpaired) electrons. The van der Waals surface area contributed by atoms with Gasteiger partial charge < -0.3 is 10.6 Å². The number of carbonyl (C=O) groups is 1. The molecule has 0 spiro atoms. The molecule has 1 fully saturated rings. The smallest absolute Gasteiger partial charge is 0.234 e. The standard InChI is InChI=1S/C15H26N4OS/c1-18(10-11-19-8-6-16-7-9-19)13-15(20)17-5-4-14-3-2-12-21-14/h2-3,12,16H,4-11,13H2,1H3,(H,17,20). The number of hydrogen-bond donors (Lipinski definition) is 2. The van der Waals surface area contributed by atoms with Crippen molar-refractivity contribution < 1.29 is 4.79 Å². The van der Waals surface area contributed by atoms with Gasteiger partial charge in [-0.3, -0.25) is 14.6 Å². The van der Waals surface area contributed by atoms with E-state index in [1.165, 1.54) is 4.88 Å². The van der Waals surface area contributed by atoms with Gasteiger partial charge in [-0.15, -0.1) is 11.3 Å². The Morgan fingerprint density at radius 3 is 3.00 bits per heavy atom. The third-order valence-electron chi connectivity index (χ3n) is 3.69. The minimum Gasteiger partial charge on any atom is -0.355 e. The van der Waals surface area contributed by atoms with Gasteiger partial charge in [-0.05, 0) is 24.9 Å². The first-order valence-electron chi connectivity index (χ1n) is 7.65. The van der Waals surface area contributed by atoms with E-state index in [9.17, 15) is 4.79 Å². The van der Waals surface area contributed by atoms with Crippen molar-refractivity contribution in [2.45, 2.75) is 6.42 Å². The lowest BCUT2D eigenvalue weighted by atomic mass is 10.3. The maximum atomic E-state index is 11.9. The van der Waals surface area contributed by atoms with Crippen molar-refractivity contribution in [2.24, 2.45) is 0 Å². The largest absolute Gasteiger partial charge is 0.355 e. The Balaban J connectivity index is 1.53. The van der Waals surface area contributed by atoms with Crippen molar-refractivity contribution in [2.75, 3.05) is 59.4 Å². The molecule has 118 valence electrons. The van der Waals surface area contributed by atoms with Gasteiger partial charge in [0, 0.05) is 50.7 Å². The van der Waals surface area contributed by atoms with Crippen LogP contribution < -0.4 is 10.6 Å². The lowest BCUT2D eigenvalue weighted by Crippen LogP contribution is -2.46. The predicted octanol–water partition coefficient (Wildman–Crippen LogP) is 0.244. The van der Waals surface area contributed by atoms with Crippen LogP contribution in [0.15, 0.2) is 17.5 Å². The summed E-state index contributed by atoms with van der Waals surface area (Å²) in [4.78, 5) is 17.7. The first kappa shape index (κ1) is 16.4. The van der Waals surface area contributed by atoms with Crippen LogP contribution in [0.25, 0.3) is 0 Å². The Bertz CT molecular complexity index is 404. The zero-order valence-corrected chi connectivity index (χ0v) is 13.6. The molecule has 2 rings (SSSR count). The predicted molar refractivity (Wildman–Crippen MR) is 87.8 cm³/mol. The van der Waals surface area contributed by atoms with Gasteiger partial charge >= 0.3 is 0 Å². The summed E-state index contributed by atoms with van der Waals surface area (Å²) < 4.78 is 0. The lowest BCUT2D eigenvalue weighted by Gasteiger charge is -2.28. The van der Waals surface area contributed by atoms with E-state index in [0.717, 1.165) is 52.2 Å². The van der Waals surface area contributed by atoms with Crippen LogP contribution >= 0.6 is 11.3 Å². The number of likely N-dealkylation sites (N-methyl/N-ethyl adjacent to an activating group) is 1. The molecule has 1 aliphatic heterocycles. The highest BCUT2D eigenvalue weighted by molar-refractivity contribution is 7.09. The van der Waals surface area contributed by atoms with Crippen molar-refractivity contribution in [3.05, 3.63) is 22.4 Å². The molecule has 0 aromatic carbocycles. The highest BCUT2D eigenvalue weighted by Gasteiger charge is 2.11. The van der Waals surface area contributed by atoms with E-state index in [1.54, 1.807) is 11.3 Å². The summed E-state index contributed by atoms with van der Waals surface area (Å²) in [6, 6.07) is 4.15. The Morgan fingerprint density at radius 1 is 1.48 bits per heavy atom. The second-order valence-electron chi connectivity index (χ2n) is 5.51. The molecular formula is C15H26N4OS. The van der Waals surface area contributed by atoms with Gasteiger partial charge in [-0.1, -0.05) is 6.07 Å². The molecule has 0 saturated carbocycles. The summed E-state index contributed by atoms with van der Waals surface area (Å²) in [6.07, 6.45) is 0.925. The zero-order chi connectivity index (χ0) is 14.9. The van der Waals surface area contributed by atoms with E-state index in [-0.39, 0.29) is 5.91 Å². The molecule has 1 aromatic heterocycles. The molecule has 0 unspecified atom stereocenters. The fourth-order valence-electron chi connectivity index (χ4n) is 2.41. The molecule has 0 aliphatic carbocycles. The minimum absolute atomic E-state index is 0.120. The summed E-state index contributed by atoms with van der Waals surface area (Å²) >= 11 is 1.74. The quantitative estimate of drug-likeness (QED) is 0.722. The molecule has 1 aliphatic rings. The Kier molecular flexibility index (Phi) is 7.15. The molecule has 0 atom stereocenters. The van der Waals surface area contributed by atoms with Gasteiger partial charge in [0.2, 0.25) is 5.91 Å². The van der Waals surface area contributed by atoms with Crippen molar-refractivity contribution >= 4 is 17.2 Å². The average molecular weight is 310 g/mol. The Labute approximate surface area is 131 Å². The molecule has 1 amide bonds. The topological polar surface area (TPSA) is 47.6 Å². The third-order valence-corrected chi connectivity index (χ3v) is 4.63. The lowest BCUT2D eigenvalue weighted by molar-refractivity contribution is -0.121. The molecule has 2 N–H and O–H groups in total. The SMILES string of the molecule is CN(CCN1CCNCC1)CC(=O)NCCc1cccs1. The summed E-state index contributed by atoms with van der Waals surface area (Å²) in [5.74, 6) is 0.120. The molecule has 21 heavy (non-hydrogen) atoms. The molecule has 1 aromatic rings. The number of nitrogens with zero attached hydrogens (tertiary/aromatic N) is 2. The Hall–Kier alpha value is -0.950. The number of amides is 1. The van der Waals surface area contributed by atoms with Crippen molar-refractivity contribution in [1.29, 1.82) is 0 Å². The van der Waals surface area contributed by atoms with Crippen LogP contribution in [0.5, 0.6) is 0 Å². The van der Waals surface area contributed by atoms with Gasteiger partial charge in [0.1, 0.15) is 0 Å². The molecule has 0 bridgehead atoms. The minimum atomic E-state index is 0.120. The number of carbonyl (C=O) groups excluding carboxylic acids is 1. The highest BCUT2D eigenvalue weighted by atomic mass is 32.1. The van der Waals surface area contributed by atoms with E-state index in [0.29, 0.717) is 6.54 Å². The second kappa shape index (κ2) is 9.15. The average Bonchev–Trinajstić information content (AvgIpc) is 2.99. The maximum Gasteiger partial charge on any atom is 0.234 e. The van der Waals surface area contributed by atoms with Crippen LogP contribution in [0.2, 0.25) is 0 Å². The molecular weight excluding hydrogens is 284 g/mol. The number of hydrogen-bond acceptors (Lipinski definition) is 5. The van der Waals surface area contributed by atoms with Crippen LogP contribution in [0.4, 0.5) is 0 Å². The van der Waals surface area contributed by atoms with E-state index in [1.807, 2.05) is 13.1 Å². The van der Waals surface area contributed by atoms with Crippen molar-refractivity contribution in [3.8, 4) is 0 Å². The zero-order valence-electron chi connectivity index (χ0n) is 12.8. The van der Waals surface area contributed by atoms with Crippen LogP contribution in [0.1, 0.15) is 4.88 Å². The Morgan fingerprint density at radius 2 is 2.29 bits per heavy atom. The van der Waals surface area contributed by atoms with Crippen LogP contribution in [0, 0.1) is 0 Å². The number of piperazine rings is 1. The van der Waals surface area contributed by atoms with Gasteiger partial charge in [0.15, 0.2) is 0 Å². The van der Waals surface area contributed by atoms with Crippen molar-refractivity contribution in [3.63, 3.8) is 0 Å². The third kappa shape index (κ3) is 6.56. The molecule has 1 saturated heterocycles. The fraction of sp³-hybridized carbons (Fsp3) is 0.667. The van der Waals surface area contributed by atoms with Crippen LogP contribution in [-0.4, -0.2) is 75.1 Å². The van der Waals surface area contributed by atoms with Gasteiger partial charge in [0.25, 0.3) is 0 Å². The number of nitrogens with one attached hydrogen (secondary N) is 2. The van der Waals surface area contributed by atoms with E-state index < -0.39 is 0 Å². The van der Waals surface area contributed by atoms with Crippen LogP contribution in [0.3, 0.4) is 0 Å². The first-order chi connectivity index (χ1) is 10.2. The molecule has 6 heteroatoms. The summed E-state index contributed by atoms with van der Waals surface area (Å²) in [5.41, 5.74) is 0. The summed E-state index contributed by atoms with van der Waals surface area (Å²) in [7, 11) is 2.01. The highest BCUT2D eigenvalue weighted by Crippen LogP contribution is 2.07. The maximum absolute atomic E-state index is 11.9. The van der Waals surface area contributed by atoms with Gasteiger partial charge in [-0.25, -0.2) is 0 Å². The van der Waals surface area contributed by atoms with Crippen LogP contribution in [-0.2, 0) is 11.2 Å².